The van der Waals surface area contributed by atoms with Gasteiger partial charge < -0.3 is 4.74 Å². The monoisotopic (exact) mass is 148 g/mol. The molecule has 0 aliphatic heterocycles. The Kier molecular flexibility index (Phi) is 3.51. The highest BCUT2D eigenvalue weighted by Crippen LogP contribution is 2.05. The molecule has 1 aliphatic carbocycles. The second kappa shape index (κ2) is 4.76. The molecular formula is C10H12O. The van der Waals surface area contributed by atoms with E-state index in [2.05, 4.69) is 24.0 Å². The standard InChI is InChI=1S/C10H12O/c1-2-11-9-5-8-10-6-3-4-7-10/h3-4,6-7,10H,2,9H2,1H3. The van der Waals surface area contributed by atoms with E-state index in [1.807, 2.05) is 19.1 Å². The van der Waals surface area contributed by atoms with Gasteiger partial charge in [-0.15, -0.1) is 0 Å². The molecule has 0 spiro atoms. The van der Waals surface area contributed by atoms with Crippen LogP contribution in [0, 0.1) is 17.8 Å². The molecule has 11 heavy (non-hydrogen) atoms. The summed E-state index contributed by atoms with van der Waals surface area (Å²) in [7, 11) is 0. The molecule has 0 aromatic heterocycles. The molecule has 0 aromatic rings. The first-order valence-electron chi connectivity index (χ1n) is 3.84. The van der Waals surface area contributed by atoms with Gasteiger partial charge >= 0.3 is 0 Å². The van der Waals surface area contributed by atoms with Crippen LogP contribution in [0.15, 0.2) is 24.3 Å². The van der Waals surface area contributed by atoms with Crippen LogP contribution in [-0.2, 0) is 4.74 Å². The molecule has 0 bridgehead atoms. The summed E-state index contributed by atoms with van der Waals surface area (Å²) in [6.07, 6.45) is 8.16. The third-order valence-corrected chi connectivity index (χ3v) is 1.40. The third-order valence-electron chi connectivity index (χ3n) is 1.40. The van der Waals surface area contributed by atoms with E-state index in [1.54, 1.807) is 0 Å². The summed E-state index contributed by atoms with van der Waals surface area (Å²) in [6, 6.07) is 0. The van der Waals surface area contributed by atoms with Crippen LogP contribution in [0.25, 0.3) is 0 Å². The van der Waals surface area contributed by atoms with Crippen molar-refractivity contribution in [2.45, 2.75) is 6.92 Å². The Morgan fingerprint density at radius 3 is 2.73 bits per heavy atom. The fourth-order valence-corrected chi connectivity index (χ4v) is 0.841. The van der Waals surface area contributed by atoms with Crippen molar-refractivity contribution in [2.24, 2.45) is 5.92 Å². The largest absolute Gasteiger partial charge is 0.369 e. The zero-order chi connectivity index (χ0) is 7.94. The highest BCUT2D eigenvalue weighted by Gasteiger charge is 1.95. The average Bonchev–Trinajstić information content (AvgIpc) is 2.50. The van der Waals surface area contributed by atoms with Crippen LogP contribution in [0.3, 0.4) is 0 Å². The smallest absolute Gasteiger partial charge is 0.107 e. The minimum Gasteiger partial charge on any atom is -0.369 e. The molecular weight excluding hydrogens is 136 g/mol. The second-order valence-corrected chi connectivity index (χ2v) is 2.25. The topological polar surface area (TPSA) is 9.23 Å². The molecule has 1 rings (SSSR count). The first-order chi connectivity index (χ1) is 5.43. The molecule has 0 N–H and O–H groups in total. The van der Waals surface area contributed by atoms with Crippen LogP contribution < -0.4 is 0 Å². The molecule has 0 fully saturated rings. The number of allylic oxidation sites excluding steroid dienone is 4. The molecule has 1 aliphatic rings. The summed E-state index contributed by atoms with van der Waals surface area (Å²) < 4.78 is 5.07. The molecule has 1 heteroatoms. The van der Waals surface area contributed by atoms with Gasteiger partial charge in [-0.1, -0.05) is 36.1 Å². The normalized spacial score (nSPS) is 15.0. The maximum atomic E-state index is 5.07. The lowest BCUT2D eigenvalue weighted by Crippen LogP contribution is -1.90. The van der Waals surface area contributed by atoms with Gasteiger partial charge in [-0.2, -0.15) is 0 Å². The van der Waals surface area contributed by atoms with E-state index < -0.39 is 0 Å². The van der Waals surface area contributed by atoms with Crippen molar-refractivity contribution in [3.8, 4) is 11.8 Å². The summed E-state index contributed by atoms with van der Waals surface area (Å²) in [5.41, 5.74) is 0. The maximum Gasteiger partial charge on any atom is 0.107 e. The van der Waals surface area contributed by atoms with E-state index in [9.17, 15) is 0 Å². The SMILES string of the molecule is CCOCC#CC1C=CC=C1. The van der Waals surface area contributed by atoms with Gasteiger partial charge in [0.2, 0.25) is 0 Å². The molecule has 0 aromatic carbocycles. The number of rotatable bonds is 2. The van der Waals surface area contributed by atoms with Crippen molar-refractivity contribution in [3.05, 3.63) is 24.3 Å². The summed E-state index contributed by atoms with van der Waals surface area (Å²) >= 11 is 0. The van der Waals surface area contributed by atoms with Crippen LogP contribution >= 0.6 is 0 Å². The van der Waals surface area contributed by atoms with Gasteiger partial charge in [-0.3, -0.25) is 0 Å². The van der Waals surface area contributed by atoms with E-state index in [0.29, 0.717) is 12.5 Å². The Hall–Kier alpha value is -1.00. The van der Waals surface area contributed by atoms with Gasteiger partial charge in [0.15, 0.2) is 0 Å². The lowest BCUT2D eigenvalue weighted by atomic mass is 10.2. The molecule has 0 radical (unpaired) electrons. The van der Waals surface area contributed by atoms with E-state index in [4.69, 9.17) is 4.74 Å². The van der Waals surface area contributed by atoms with Gasteiger partial charge in [0, 0.05) is 6.61 Å². The first-order valence-corrected chi connectivity index (χ1v) is 3.84. The summed E-state index contributed by atoms with van der Waals surface area (Å²) in [4.78, 5) is 0. The van der Waals surface area contributed by atoms with E-state index in [-0.39, 0.29) is 0 Å². The van der Waals surface area contributed by atoms with Crippen LogP contribution in [-0.4, -0.2) is 13.2 Å². The second-order valence-electron chi connectivity index (χ2n) is 2.25. The van der Waals surface area contributed by atoms with Gasteiger partial charge in [0.05, 0.1) is 5.92 Å². The molecule has 0 heterocycles. The molecule has 1 nitrogen and oxygen atoms in total. The average molecular weight is 148 g/mol. The lowest BCUT2D eigenvalue weighted by molar-refractivity contribution is 0.182. The lowest BCUT2D eigenvalue weighted by Gasteiger charge is -1.91. The molecule has 0 saturated carbocycles. The maximum absolute atomic E-state index is 5.07. The quantitative estimate of drug-likeness (QED) is 0.428. The summed E-state index contributed by atoms with van der Waals surface area (Å²) in [6.45, 7) is 3.26. The number of hydrogen-bond acceptors (Lipinski definition) is 1. The van der Waals surface area contributed by atoms with Crippen LogP contribution in [0.5, 0.6) is 0 Å². The van der Waals surface area contributed by atoms with Crippen LogP contribution in [0.2, 0.25) is 0 Å². The Labute approximate surface area is 67.8 Å². The summed E-state index contributed by atoms with van der Waals surface area (Å²) in [5.74, 6) is 6.34. The van der Waals surface area contributed by atoms with E-state index in [1.165, 1.54) is 0 Å². The number of ether oxygens (including phenoxy) is 1. The Morgan fingerprint density at radius 2 is 2.09 bits per heavy atom. The first kappa shape index (κ1) is 8.10. The third kappa shape index (κ3) is 3.06. The summed E-state index contributed by atoms with van der Waals surface area (Å²) in [5, 5.41) is 0. The zero-order valence-corrected chi connectivity index (χ0v) is 6.71. The van der Waals surface area contributed by atoms with Crippen molar-refractivity contribution in [1.82, 2.24) is 0 Å². The van der Waals surface area contributed by atoms with Gasteiger partial charge in [-0.05, 0) is 6.92 Å². The highest BCUT2D eigenvalue weighted by atomic mass is 16.5. The van der Waals surface area contributed by atoms with Crippen molar-refractivity contribution in [1.29, 1.82) is 0 Å². The molecule has 58 valence electrons. The van der Waals surface area contributed by atoms with Crippen molar-refractivity contribution >= 4 is 0 Å². The van der Waals surface area contributed by atoms with E-state index in [0.717, 1.165) is 6.61 Å². The number of hydrogen-bond donors (Lipinski definition) is 0. The molecule has 0 unspecified atom stereocenters. The fourth-order valence-electron chi connectivity index (χ4n) is 0.841. The predicted octanol–water partition coefficient (Wildman–Crippen LogP) is 1.77. The van der Waals surface area contributed by atoms with Crippen molar-refractivity contribution < 1.29 is 4.74 Å². The van der Waals surface area contributed by atoms with Crippen molar-refractivity contribution in [3.63, 3.8) is 0 Å². The molecule has 0 saturated heterocycles. The van der Waals surface area contributed by atoms with Crippen molar-refractivity contribution in [2.75, 3.05) is 13.2 Å². The molecule has 0 atom stereocenters. The Balaban J connectivity index is 2.21. The fraction of sp³-hybridized carbons (Fsp3) is 0.400. The predicted molar refractivity (Wildman–Crippen MR) is 46.0 cm³/mol. The van der Waals surface area contributed by atoms with Gasteiger partial charge in [0.25, 0.3) is 0 Å². The van der Waals surface area contributed by atoms with E-state index >= 15 is 0 Å². The molecule has 0 amide bonds. The van der Waals surface area contributed by atoms with Gasteiger partial charge in [-0.25, -0.2) is 0 Å². The van der Waals surface area contributed by atoms with Crippen LogP contribution in [0.1, 0.15) is 6.92 Å². The highest BCUT2D eigenvalue weighted by molar-refractivity contribution is 5.27. The van der Waals surface area contributed by atoms with Crippen LogP contribution in [0.4, 0.5) is 0 Å². The minimum absolute atomic E-state index is 0.315. The Bertz CT molecular complexity index is 203. The minimum atomic E-state index is 0.315. The zero-order valence-electron chi connectivity index (χ0n) is 6.71. The Morgan fingerprint density at radius 1 is 1.36 bits per heavy atom. The van der Waals surface area contributed by atoms with Gasteiger partial charge in [0.1, 0.15) is 6.61 Å².